The summed E-state index contributed by atoms with van der Waals surface area (Å²) in [4.78, 5) is 30.7. The predicted octanol–water partition coefficient (Wildman–Crippen LogP) is 1.78. The molecule has 5 nitrogen and oxygen atoms in total. The van der Waals surface area contributed by atoms with Crippen molar-refractivity contribution in [1.29, 1.82) is 0 Å². The SMILES string of the molecule is Cn1cncc1C(=O)N1CCCCC1C1CCCC1=O. The van der Waals surface area contributed by atoms with E-state index < -0.39 is 0 Å². The van der Waals surface area contributed by atoms with Gasteiger partial charge in [0.25, 0.3) is 5.91 Å². The third-order valence-corrected chi connectivity index (χ3v) is 4.66. The average molecular weight is 275 g/mol. The van der Waals surface area contributed by atoms with Gasteiger partial charge in [0.2, 0.25) is 0 Å². The molecule has 3 rings (SSSR count). The zero-order chi connectivity index (χ0) is 14.1. The topological polar surface area (TPSA) is 55.2 Å². The first-order valence-corrected chi connectivity index (χ1v) is 7.48. The van der Waals surface area contributed by atoms with Crippen LogP contribution in [0.25, 0.3) is 0 Å². The number of nitrogens with zero attached hydrogens (tertiary/aromatic N) is 3. The van der Waals surface area contributed by atoms with Crippen LogP contribution in [0, 0.1) is 5.92 Å². The van der Waals surface area contributed by atoms with E-state index in [-0.39, 0.29) is 17.9 Å². The van der Waals surface area contributed by atoms with E-state index in [1.54, 1.807) is 17.1 Å². The molecule has 2 heterocycles. The molecule has 0 spiro atoms. The van der Waals surface area contributed by atoms with Crippen molar-refractivity contribution < 1.29 is 9.59 Å². The van der Waals surface area contributed by atoms with E-state index in [0.717, 1.165) is 38.6 Å². The van der Waals surface area contributed by atoms with Gasteiger partial charge in [0, 0.05) is 32.0 Å². The van der Waals surface area contributed by atoms with E-state index in [0.29, 0.717) is 17.9 Å². The molecule has 108 valence electrons. The van der Waals surface area contributed by atoms with Gasteiger partial charge in [0.15, 0.2) is 0 Å². The Balaban J connectivity index is 1.84. The Bertz CT molecular complexity index is 523. The largest absolute Gasteiger partial charge is 0.334 e. The zero-order valence-electron chi connectivity index (χ0n) is 11.9. The number of carbonyl (C=O) groups is 2. The highest BCUT2D eigenvalue weighted by atomic mass is 16.2. The number of piperidine rings is 1. The van der Waals surface area contributed by atoms with E-state index in [1.807, 2.05) is 11.9 Å². The maximum Gasteiger partial charge on any atom is 0.272 e. The molecule has 1 aliphatic carbocycles. The quantitative estimate of drug-likeness (QED) is 0.826. The van der Waals surface area contributed by atoms with E-state index in [2.05, 4.69) is 4.98 Å². The number of hydrogen-bond donors (Lipinski definition) is 0. The molecule has 0 radical (unpaired) electrons. The smallest absolute Gasteiger partial charge is 0.272 e. The van der Waals surface area contributed by atoms with Crippen LogP contribution in [-0.2, 0) is 11.8 Å². The van der Waals surface area contributed by atoms with E-state index >= 15 is 0 Å². The van der Waals surface area contributed by atoms with Gasteiger partial charge in [-0.2, -0.15) is 0 Å². The van der Waals surface area contributed by atoms with Gasteiger partial charge in [-0.05, 0) is 32.1 Å². The average Bonchev–Trinajstić information content (AvgIpc) is 3.06. The lowest BCUT2D eigenvalue weighted by atomic mass is 9.88. The lowest BCUT2D eigenvalue weighted by molar-refractivity contribution is -0.122. The third kappa shape index (κ3) is 2.25. The highest BCUT2D eigenvalue weighted by Gasteiger charge is 2.39. The minimum Gasteiger partial charge on any atom is -0.334 e. The van der Waals surface area contributed by atoms with Crippen molar-refractivity contribution in [1.82, 2.24) is 14.5 Å². The Hall–Kier alpha value is -1.65. The van der Waals surface area contributed by atoms with Gasteiger partial charge in [-0.25, -0.2) is 4.98 Å². The molecular formula is C15H21N3O2. The molecule has 1 aromatic rings. The minimum absolute atomic E-state index is 0.0226. The summed E-state index contributed by atoms with van der Waals surface area (Å²) in [5, 5.41) is 0. The number of rotatable bonds is 2. The summed E-state index contributed by atoms with van der Waals surface area (Å²) in [7, 11) is 1.83. The van der Waals surface area contributed by atoms with E-state index in [9.17, 15) is 9.59 Å². The fraction of sp³-hybridized carbons (Fsp3) is 0.667. The fourth-order valence-corrected chi connectivity index (χ4v) is 3.59. The van der Waals surface area contributed by atoms with Gasteiger partial charge in [0.05, 0.1) is 12.5 Å². The molecule has 0 N–H and O–H groups in total. The number of aromatic nitrogens is 2. The maximum absolute atomic E-state index is 12.7. The molecule has 1 saturated heterocycles. The molecule has 0 aromatic carbocycles. The highest BCUT2D eigenvalue weighted by molar-refractivity contribution is 5.93. The molecular weight excluding hydrogens is 254 g/mol. The van der Waals surface area contributed by atoms with Crippen molar-refractivity contribution in [3.05, 3.63) is 18.2 Å². The Morgan fingerprint density at radius 2 is 2.15 bits per heavy atom. The summed E-state index contributed by atoms with van der Waals surface area (Å²) < 4.78 is 1.75. The molecule has 1 aromatic heterocycles. The highest BCUT2D eigenvalue weighted by Crippen LogP contribution is 2.33. The number of hydrogen-bond acceptors (Lipinski definition) is 3. The first-order chi connectivity index (χ1) is 9.68. The minimum atomic E-state index is 0.0226. The number of ketones is 1. The summed E-state index contributed by atoms with van der Waals surface area (Å²) in [6.07, 6.45) is 8.98. The summed E-state index contributed by atoms with van der Waals surface area (Å²) in [6, 6.07) is 0.0983. The lowest BCUT2D eigenvalue weighted by Gasteiger charge is -2.38. The summed E-state index contributed by atoms with van der Waals surface area (Å²) >= 11 is 0. The van der Waals surface area contributed by atoms with E-state index in [4.69, 9.17) is 0 Å². The lowest BCUT2D eigenvalue weighted by Crippen LogP contribution is -2.49. The van der Waals surface area contributed by atoms with Crippen LogP contribution in [-0.4, -0.2) is 38.7 Å². The van der Waals surface area contributed by atoms with E-state index in [1.165, 1.54) is 0 Å². The summed E-state index contributed by atoms with van der Waals surface area (Å²) in [5.41, 5.74) is 0.613. The maximum atomic E-state index is 12.7. The Kier molecular flexibility index (Phi) is 3.59. The summed E-state index contributed by atoms with van der Waals surface area (Å²) in [6.45, 7) is 0.762. The molecule has 2 aliphatic rings. The van der Waals surface area contributed by atoms with Crippen molar-refractivity contribution in [3.63, 3.8) is 0 Å². The van der Waals surface area contributed by atoms with Crippen LogP contribution < -0.4 is 0 Å². The van der Waals surface area contributed by atoms with Gasteiger partial charge in [-0.1, -0.05) is 0 Å². The van der Waals surface area contributed by atoms with Crippen molar-refractivity contribution in [2.45, 2.75) is 44.6 Å². The molecule has 1 saturated carbocycles. The second-order valence-electron chi connectivity index (χ2n) is 5.92. The van der Waals surface area contributed by atoms with Gasteiger partial charge in [-0.15, -0.1) is 0 Å². The first kappa shape index (κ1) is 13.3. The molecule has 1 amide bonds. The second kappa shape index (κ2) is 5.38. The van der Waals surface area contributed by atoms with Crippen LogP contribution in [0.2, 0.25) is 0 Å². The van der Waals surface area contributed by atoms with Gasteiger partial charge in [0.1, 0.15) is 11.5 Å². The molecule has 20 heavy (non-hydrogen) atoms. The van der Waals surface area contributed by atoms with Crippen LogP contribution in [0.3, 0.4) is 0 Å². The van der Waals surface area contributed by atoms with Gasteiger partial charge < -0.3 is 9.47 Å². The molecule has 2 atom stereocenters. The molecule has 5 heteroatoms. The Morgan fingerprint density at radius 3 is 2.80 bits per heavy atom. The van der Waals surface area contributed by atoms with Gasteiger partial charge >= 0.3 is 0 Å². The number of imidazole rings is 1. The number of Topliss-reactive ketones (excluding diaryl/α,β-unsaturated/α-hetero) is 1. The second-order valence-corrected chi connectivity index (χ2v) is 5.92. The normalized spacial score (nSPS) is 27.1. The fourth-order valence-electron chi connectivity index (χ4n) is 3.59. The van der Waals surface area contributed by atoms with Gasteiger partial charge in [-0.3, -0.25) is 9.59 Å². The molecule has 2 unspecified atom stereocenters. The van der Waals surface area contributed by atoms with Crippen LogP contribution in [0.1, 0.15) is 49.0 Å². The molecule has 0 bridgehead atoms. The van der Waals surface area contributed by atoms with Crippen molar-refractivity contribution in [2.75, 3.05) is 6.54 Å². The number of aryl methyl sites for hydroxylation is 1. The first-order valence-electron chi connectivity index (χ1n) is 7.48. The number of amides is 1. The Labute approximate surface area is 119 Å². The van der Waals surface area contributed by atoms with Crippen molar-refractivity contribution in [3.8, 4) is 0 Å². The van der Waals surface area contributed by atoms with Crippen LogP contribution in [0.15, 0.2) is 12.5 Å². The Morgan fingerprint density at radius 1 is 1.30 bits per heavy atom. The third-order valence-electron chi connectivity index (χ3n) is 4.66. The zero-order valence-corrected chi connectivity index (χ0v) is 11.9. The van der Waals surface area contributed by atoms with Crippen LogP contribution in [0.4, 0.5) is 0 Å². The van der Waals surface area contributed by atoms with Crippen LogP contribution >= 0.6 is 0 Å². The predicted molar refractivity (Wildman–Crippen MR) is 74.2 cm³/mol. The standard InChI is InChI=1S/C15H21N3O2/c1-17-10-16-9-13(17)15(20)18-8-3-2-6-12(18)11-5-4-7-14(11)19/h9-12H,2-8H2,1H3. The number of likely N-dealkylation sites (tertiary alicyclic amines) is 1. The molecule has 1 aliphatic heterocycles. The monoisotopic (exact) mass is 275 g/mol. The number of carbonyl (C=O) groups excluding carboxylic acids is 2. The van der Waals surface area contributed by atoms with Crippen molar-refractivity contribution >= 4 is 11.7 Å². The molecule has 2 fully saturated rings. The summed E-state index contributed by atoms with van der Waals surface area (Å²) in [5.74, 6) is 0.432. The van der Waals surface area contributed by atoms with Crippen molar-refractivity contribution in [2.24, 2.45) is 13.0 Å². The van der Waals surface area contributed by atoms with Crippen LogP contribution in [0.5, 0.6) is 0 Å².